The average Bonchev–Trinajstić information content (AvgIpc) is 3.11. The normalized spacial score (nSPS) is 14.1. The molecule has 0 aliphatic carbocycles. The molecule has 1 aliphatic heterocycles. The Bertz CT molecular complexity index is 885. The molecule has 0 aromatic heterocycles. The summed E-state index contributed by atoms with van der Waals surface area (Å²) < 4.78 is 11.0. The molecule has 3 rings (SSSR count). The van der Waals surface area contributed by atoms with Crippen molar-refractivity contribution >= 4 is 23.2 Å². The molecular formula is C23H28N2O4. The number of anilines is 2. The highest BCUT2D eigenvalue weighted by Gasteiger charge is 2.25. The highest BCUT2D eigenvalue weighted by molar-refractivity contribution is 5.98. The zero-order valence-electron chi connectivity index (χ0n) is 17.5. The van der Waals surface area contributed by atoms with Gasteiger partial charge in [0.05, 0.1) is 12.8 Å². The number of nitrogens with zero attached hydrogens (tertiary/aromatic N) is 1. The van der Waals surface area contributed by atoms with Crippen LogP contribution >= 0.6 is 0 Å². The molecule has 2 aromatic rings. The molecule has 1 fully saturated rings. The zero-order chi connectivity index (χ0) is 21.0. The molecule has 154 valence electrons. The fourth-order valence-electron chi connectivity index (χ4n) is 3.28. The third kappa shape index (κ3) is 5.08. The maximum Gasteiger partial charge on any atom is 0.262 e. The SMILES string of the molecule is COc1ccc(NC(=O)COc2ccc(C(C)(C)C)cc2)cc1N1CCCC1=O. The van der Waals surface area contributed by atoms with Crippen molar-refractivity contribution in [2.75, 3.05) is 30.5 Å². The number of amides is 2. The highest BCUT2D eigenvalue weighted by atomic mass is 16.5. The van der Waals surface area contributed by atoms with Crippen molar-refractivity contribution in [2.45, 2.75) is 39.0 Å². The number of methoxy groups -OCH3 is 1. The van der Waals surface area contributed by atoms with Crippen molar-refractivity contribution in [1.82, 2.24) is 0 Å². The molecule has 6 heteroatoms. The van der Waals surface area contributed by atoms with Gasteiger partial charge in [0.1, 0.15) is 11.5 Å². The van der Waals surface area contributed by atoms with E-state index in [1.807, 2.05) is 24.3 Å². The number of carbonyl (C=O) groups is 2. The number of carbonyl (C=O) groups excluding carboxylic acids is 2. The summed E-state index contributed by atoms with van der Waals surface area (Å²) in [4.78, 5) is 26.1. The van der Waals surface area contributed by atoms with Gasteiger partial charge in [0.25, 0.3) is 5.91 Å². The topological polar surface area (TPSA) is 67.9 Å². The summed E-state index contributed by atoms with van der Waals surface area (Å²) in [5, 5.41) is 2.82. The maximum absolute atomic E-state index is 12.3. The molecule has 0 saturated carbocycles. The Labute approximate surface area is 171 Å². The first kappa shape index (κ1) is 20.7. The summed E-state index contributed by atoms with van der Waals surface area (Å²) in [6, 6.07) is 13.0. The summed E-state index contributed by atoms with van der Waals surface area (Å²) >= 11 is 0. The average molecular weight is 396 g/mol. The number of ether oxygens (including phenoxy) is 2. The Kier molecular flexibility index (Phi) is 6.11. The molecule has 0 radical (unpaired) electrons. The van der Waals surface area contributed by atoms with Gasteiger partial charge in [-0.15, -0.1) is 0 Å². The van der Waals surface area contributed by atoms with Crippen LogP contribution in [0.5, 0.6) is 11.5 Å². The van der Waals surface area contributed by atoms with E-state index in [0.29, 0.717) is 35.8 Å². The van der Waals surface area contributed by atoms with E-state index in [0.717, 1.165) is 6.42 Å². The summed E-state index contributed by atoms with van der Waals surface area (Å²) in [7, 11) is 1.57. The van der Waals surface area contributed by atoms with Gasteiger partial charge in [0, 0.05) is 18.7 Å². The van der Waals surface area contributed by atoms with Crippen LogP contribution in [0.25, 0.3) is 0 Å². The second-order valence-corrected chi connectivity index (χ2v) is 8.15. The Hall–Kier alpha value is -3.02. The van der Waals surface area contributed by atoms with E-state index >= 15 is 0 Å². The largest absolute Gasteiger partial charge is 0.495 e. The Morgan fingerprint density at radius 2 is 1.86 bits per heavy atom. The van der Waals surface area contributed by atoms with Crippen LogP contribution in [0.2, 0.25) is 0 Å². The third-order valence-corrected chi connectivity index (χ3v) is 4.92. The molecule has 0 atom stereocenters. The van der Waals surface area contributed by atoms with Crippen LogP contribution in [-0.4, -0.2) is 32.1 Å². The molecule has 2 aromatic carbocycles. The first-order valence-electron chi connectivity index (χ1n) is 9.79. The van der Waals surface area contributed by atoms with Crippen molar-refractivity contribution in [3.8, 4) is 11.5 Å². The van der Waals surface area contributed by atoms with Crippen LogP contribution in [0.4, 0.5) is 11.4 Å². The van der Waals surface area contributed by atoms with Crippen molar-refractivity contribution < 1.29 is 19.1 Å². The second-order valence-electron chi connectivity index (χ2n) is 8.15. The van der Waals surface area contributed by atoms with Gasteiger partial charge in [-0.2, -0.15) is 0 Å². The fourth-order valence-corrected chi connectivity index (χ4v) is 3.28. The van der Waals surface area contributed by atoms with Crippen LogP contribution in [0.3, 0.4) is 0 Å². The summed E-state index contributed by atoms with van der Waals surface area (Å²) in [6.45, 7) is 7.00. The predicted molar refractivity (Wildman–Crippen MR) is 114 cm³/mol. The summed E-state index contributed by atoms with van der Waals surface area (Å²) in [5.41, 5.74) is 2.54. The van der Waals surface area contributed by atoms with Crippen molar-refractivity contribution in [2.24, 2.45) is 0 Å². The van der Waals surface area contributed by atoms with Crippen molar-refractivity contribution in [1.29, 1.82) is 0 Å². The lowest BCUT2D eigenvalue weighted by Gasteiger charge is -2.20. The first-order chi connectivity index (χ1) is 13.8. The number of hydrogen-bond donors (Lipinski definition) is 1. The quantitative estimate of drug-likeness (QED) is 0.797. The molecule has 0 unspecified atom stereocenters. The standard InChI is InChI=1S/C23H28N2O4/c1-23(2,3)16-7-10-18(11-8-16)29-15-21(26)24-17-9-12-20(28-4)19(14-17)25-13-5-6-22(25)27/h7-12,14H,5-6,13,15H2,1-4H3,(H,24,26). The van der Waals surface area contributed by atoms with Gasteiger partial charge in [0.15, 0.2) is 6.61 Å². The van der Waals surface area contributed by atoms with Crippen LogP contribution < -0.4 is 19.7 Å². The van der Waals surface area contributed by atoms with Gasteiger partial charge < -0.3 is 19.7 Å². The van der Waals surface area contributed by atoms with Crippen molar-refractivity contribution in [3.05, 3.63) is 48.0 Å². The van der Waals surface area contributed by atoms with Crippen LogP contribution in [0.15, 0.2) is 42.5 Å². The third-order valence-electron chi connectivity index (χ3n) is 4.92. The van der Waals surface area contributed by atoms with E-state index in [1.165, 1.54) is 5.56 Å². The molecule has 2 amide bonds. The van der Waals surface area contributed by atoms with E-state index in [-0.39, 0.29) is 23.8 Å². The highest BCUT2D eigenvalue weighted by Crippen LogP contribution is 2.34. The molecular weight excluding hydrogens is 368 g/mol. The first-order valence-corrected chi connectivity index (χ1v) is 9.79. The Morgan fingerprint density at radius 1 is 1.14 bits per heavy atom. The minimum Gasteiger partial charge on any atom is -0.495 e. The number of benzene rings is 2. The lowest BCUT2D eigenvalue weighted by molar-refractivity contribution is -0.118. The van der Waals surface area contributed by atoms with Gasteiger partial charge in [-0.3, -0.25) is 9.59 Å². The minimum atomic E-state index is -0.270. The molecule has 1 saturated heterocycles. The molecule has 1 aliphatic rings. The van der Waals surface area contributed by atoms with E-state index in [9.17, 15) is 9.59 Å². The Balaban J connectivity index is 1.62. The molecule has 1 N–H and O–H groups in total. The number of rotatable bonds is 6. The maximum atomic E-state index is 12.3. The molecule has 6 nitrogen and oxygen atoms in total. The number of nitrogens with one attached hydrogen (secondary N) is 1. The minimum absolute atomic E-state index is 0.0637. The van der Waals surface area contributed by atoms with E-state index in [4.69, 9.17) is 9.47 Å². The monoisotopic (exact) mass is 396 g/mol. The van der Waals surface area contributed by atoms with Crippen LogP contribution in [0.1, 0.15) is 39.2 Å². The van der Waals surface area contributed by atoms with Gasteiger partial charge >= 0.3 is 0 Å². The molecule has 29 heavy (non-hydrogen) atoms. The smallest absolute Gasteiger partial charge is 0.262 e. The number of hydrogen-bond acceptors (Lipinski definition) is 4. The van der Waals surface area contributed by atoms with Crippen molar-refractivity contribution in [3.63, 3.8) is 0 Å². The van der Waals surface area contributed by atoms with E-state index < -0.39 is 0 Å². The van der Waals surface area contributed by atoms with Crippen LogP contribution in [-0.2, 0) is 15.0 Å². The predicted octanol–water partition coefficient (Wildman–Crippen LogP) is 4.14. The van der Waals surface area contributed by atoms with E-state index in [1.54, 1.807) is 30.2 Å². The van der Waals surface area contributed by atoms with Gasteiger partial charge in [-0.05, 0) is 47.7 Å². The fraction of sp³-hybridized carbons (Fsp3) is 0.391. The molecule has 0 bridgehead atoms. The molecule has 1 heterocycles. The zero-order valence-corrected chi connectivity index (χ0v) is 17.5. The lowest BCUT2D eigenvalue weighted by atomic mass is 9.87. The summed E-state index contributed by atoms with van der Waals surface area (Å²) in [5.74, 6) is 1.04. The van der Waals surface area contributed by atoms with Gasteiger partial charge in [-0.25, -0.2) is 0 Å². The lowest BCUT2D eigenvalue weighted by Crippen LogP contribution is -2.25. The van der Waals surface area contributed by atoms with Gasteiger partial charge in [0.2, 0.25) is 5.91 Å². The summed E-state index contributed by atoms with van der Waals surface area (Å²) in [6.07, 6.45) is 1.35. The van der Waals surface area contributed by atoms with E-state index in [2.05, 4.69) is 26.1 Å². The Morgan fingerprint density at radius 3 is 2.45 bits per heavy atom. The molecule has 0 spiro atoms. The van der Waals surface area contributed by atoms with Crippen LogP contribution in [0, 0.1) is 0 Å². The van der Waals surface area contributed by atoms with Gasteiger partial charge in [-0.1, -0.05) is 32.9 Å². The second kappa shape index (κ2) is 8.55.